The summed E-state index contributed by atoms with van der Waals surface area (Å²) < 4.78 is 13.7. The highest BCUT2D eigenvalue weighted by Crippen LogP contribution is 2.20. The molecule has 2 aromatic rings. The van der Waals surface area contributed by atoms with Crippen molar-refractivity contribution in [2.24, 2.45) is 0 Å². The Bertz CT molecular complexity index is 548. The highest BCUT2D eigenvalue weighted by molar-refractivity contribution is 7.71. The molecule has 0 aliphatic carbocycles. The van der Waals surface area contributed by atoms with Crippen molar-refractivity contribution in [2.75, 3.05) is 0 Å². The molecule has 4 heteroatoms. The molecule has 0 aliphatic heterocycles. The molecule has 2 nitrogen and oxygen atoms in total. The first kappa shape index (κ1) is 9.98. The van der Waals surface area contributed by atoms with Crippen LogP contribution in [-0.2, 0) is 0 Å². The fraction of sp³-hybridized carbons (Fsp3) is 0.0909. The maximum atomic E-state index is 13.4. The van der Waals surface area contributed by atoms with Crippen molar-refractivity contribution in [3.8, 4) is 11.3 Å². The van der Waals surface area contributed by atoms with Crippen molar-refractivity contribution >= 4 is 12.2 Å². The summed E-state index contributed by atoms with van der Waals surface area (Å²) in [7, 11) is 0. The zero-order chi connectivity index (χ0) is 10.8. The number of aromatic amines is 1. The van der Waals surface area contributed by atoms with E-state index in [1.807, 2.05) is 31.2 Å². The molecular formula is C11H9FN2S. The van der Waals surface area contributed by atoms with Crippen LogP contribution in [0.4, 0.5) is 4.39 Å². The third-order valence-electron chi connectivity index (χ3n) is 2.07. The lowest BCUT2D eigenvalue weighted by Crippen LogP contribution is -1.92. The van der Waals surface area contributed by atoms with Gasteiger partial charge in [-0.05, 0) is 25.2 Å². The third kappa shape index (κ3) is 2.10. The first-order valence-electron chi connectivity index (χ1n) is 4.48. The summed E-state index contributed by atoms with van der Waals surface area (Å²) in [6, 6.07) is 7.55. The smallest absolute Gasteiger partial charge is 0.197 e. The van der Waals surface area contributed by atoms with Gasteiger partial charge in [0, 0.05) is 5.56 Å². The second-order valence-corrected chi connectivity index (χ2v) is 3.67. The molecule has 1 heterocycles. The molecule has 0 bridgehead atoms. The van der Waals surface area contributed by atoms with Gasteiger partial charge >= 0.3 is 0 Å². The Hall–Kier alpha value is -1.55. The van der Waals surface area contributed by atoms with E-state index < -0.39 is 5.82 Å². The molecule has 15 heavy (non-hydrogen) atoms. The molecule has 0 radical (unpaired) electrons. The summed E-state index contributed by atoms with van der Waals surface area (Å²) in [6.07, 6.45) is 1.14. The Labute approximate surface area is 91.8 Å². The number of hydrogen-bond donors (Lipinski definition) is 1. The van der Waals surface area contributed by atoms with Crippen LogP contribution in [0.5, 0.6) is 0 Å². The van der Waals surface area contributed by atoms with Crippen molar-refractivity contribution in [1.82, 2.24) is 9.97 Å². The van der Waals surface area contributed by atoms with E-state index in [1.54, 1.807) is 0 Å². The highest BCUT2D eigenvalue weighted by atomic mass is 32.1. The van der Waals surface area contributed by atoms with E-state index in [-0.39, 0.29) is 4.77 Å². The minimum Gasteiger partial charge on any atom is -0.328 e. The highest BCUT2D eigenvalue weighted by Gasteiger charge is 2.05. The molecule has 0 saturated heterocycles. The molecule has 0 aliphatic rings. The zero-order valence-corrected chi connectivity index (χ0v) is 8.94. The lowest BCUT2D eigenvalue weighted by atomic mass is 10.1. The first-order chi connectivity index (χ1) is 7.16. The van der Waals surface area contributed by atoms with Crippen molar-refractivity contribution in [3.05, 3.63) is 46.6 Å². The topological polar surface area (TPSA) is 28.7 Å². The van der Waals surface area contributed by atoms with Gasteiger partial charge < -0.3 is 4.98 Å². The second-order valence-electron chi connectivity index (χ2n) is 3.28. The van der Waals surface area contributed by atoms with Gasteiger partial charge in [-0.1, -0.05) is 23.8 Å². The SMILES string of the molecule is Cc1cccc(-c2[nH]c(=S)ncc2F)c1. The average Bonchev–Trinajstić information content (AvgIpc) is 2.22. The molecule has 1 N–H and O–H groups in total. The van der Waals surface area contributed by atoms with Crippen molar-refractivity contribution < 1.29 is 4.39 Å². The maximum absolute atomic E-state index is 13.4. The predicted molar refractivity (Wildman–Crippen MR) is 59.6 cm³/mol. The number of halogens is 1. The van der Waals surface area contributed by atoms with E-state index in [1.165, 1.54) is 0 Å². The van der Waals surface area contributed by atoms with E-state index in [2.05, 4.69) is 9.97 Å². The van der Waals surface area contributed by atoms with E-state index in [9.17, 15) is 4.39 Å². The van der Waals surface area contributed by atoms with Gasteiger partial charge in [0.1, 0.15) is 0 Å². The molecule has 76 valence electrons. The van der Waals surface area contributed by atoms with Crippen molar-refractivity contribution in [2.45, 2.75) is 6.92 Å². The minimum absolute atomic E-state index is 0.285. The lowest BCUT2D eigenvalue weighted by Gasteiger charge is -2.03. The summed E-state index contributed by atoms with van der Waals surface area (Å²) in [5.41, 5.74) is 2.24. The van der Waals surface area contributed by atoms with E-state index >= 15 is 0 Å². The van der Waals surface area contributed by atoms with Gasteiger partial charge in [-0.3, -0.25) is 0 Å². The summed E-state index contributed by atoms with van der Waals surface area (Å²) in [6.45, 7) is 1.96. The number of aryl methyl sites for hydroxylation is 1. The quantitative estimate of drug-likeness (QED) is 0.747. The average molecular weight is 220 g/mol. The van der Waals surface area contributed by atoms with E-state index in [0.717, 1.165) is 17.3 Å². The monoisotopic (exact) mass is 220 g/mol. The lowest BCUT2D eigenvalue weighted by molar-refractivity contribution is 0.617. The maximum Gasteiger partial charge on any atom is 0.197 e. The van der Waals surface area contributed by atoms with Gasteiger partial charge in [-0.25, -0.2) is 9.37 Å². The van der Waals surface area contributed by atoms with Crippen LogP contribution < -0.4 is 0 Å². The van der Waals surface area contributed by atoms with Crippen LogP contribution in [0.3, 0.4) is 0 Å². The summed E-state index contributed by atoms with van der Waals surface area (Å²) in [5.74, 6) is -0.394. The number of nitrogens with one attached hydrogen (secondary N) is 1. The standard InChI is InChI=1S/C11H9FN2S/c1-7-3-2-4-8(5-7)10-9(12)6-13-11(15)14-10/h2-6H,1H3,(H,13,14,15). The van der Waals surface area contributed by atoms with Crippen LogP contribution in [0, 0.1) is 17.5 Å². The number of benzene rings is 1. The van der Waals surface area contributed by atoms with Crippen LogP contribution in [0.15, 0.2) is 30.5 Å². The van der Waals surface area contributed by atoms with Crippen molar-refractivity contribution in [3.63, 3.8) is 0 Å². The minimum atomic E-state index is -0.394. The van der Waals surface area contributed by atoms with Crippen LogP contribution in [0.2, 0.25) is 0 Å². The van der Waals surface area contributed by atoms with Gasteiger partial charge in [-0.15, -0.1) is 0 Å². The normalized spacial score (nSPS) is 10.3. The van der Waals surface area contributed by atoms with Crippen molar-refractivity contribution in [1.29, 1.82) is 0 Å². The molecule has 1 aromatic heterocycles. The third-order valence-corrected chi connectivity index (χ3v) is 2.28. The molecule has 0 unspecified atom stereocenters. The van der Waals surface area contributed by atoms with Gasteiger partial charge in [0.05, 0.1) is 11.9 Å². The zero-order valence-electron chi connectivity index (χ0n) is 8.12. The van der Waals surface area contributed by atoms with E-state index in [0.29, 0.717) is 5.69 Å². The molecule has 1 aromatic carbocycles. The number of rotatable bonds is 1. The van der Waals surface area contributed by atoms with Crippen LogP contribution in [0.1, 0.15) is 5.56 Å². The molecule has 0 spiro atoms. The Kier molecular flexibility index (Phi) is 2.60. The number of nitrogens with zero attached hydrogens (tertiary/aromatic N) is 1. The van der Waals surface area contributed by atoms with E-state index in [4.69, 9.17) is 12.2 Å². The molecular weight excluding hydrogens is 211 g/mol. The molecule has 2 rings (SSSR count). The molecule has 0 amide bonds. The van der Waals surface area contributed by atoms with Gasteiger partial charge in [0.25, 0.3) is 0 Å². The fourth-order valence-electron chi connectivity index (χ4n) is 1.39. The predicted octanol–water partition coefficient (Wildman–Crippen LogP) is 3.25. The number of aromatic nitrogens is 2. The fourth-order valence-corrected chi connectivity index (χ4v) is 1.54. The largest absolute Gasteiger partial charge is 0.328 e. The first-order valence-corrected chi connectivity index (χ1v) is 4.89. The van der Waals surface area contributed by atoms with Gasteiger partial charge in [-0.2, -0.15) is 0 Å². The summed E-state index contributed by atoms with van der Waals surface area (Å²) in [4.78, 5) is 6.42. The molecule has 0 saturated carbocycles. The summed E-state index contributed by atoms with van der Waals surface area (Å²) >= 11 is 4.86. The molecule has 0 fully saturated rings. The van der Waals surface area contributed by atoms with Gasteiger partial charge in [0.2, 0.25) is 0 Å². The van der Waals surface area contributed by atoms with Crippen LogP contribution in [-0.4, -0.2) is 9.97 Å². The van der Waals surface area contributed by atoms with Gasteiger partial charge in [0.15, 0.2) is 10.6 Å². The van der Waals surface area contributed by atoms with Crippen LogP contribution >= 0.6 is 12.2 Å². The summed E-state index contributed by atoms with van der Waals surface area (Å²) in [5, 5.41) is 0. The Morgan fingerprint density at radius 1 is 1.40 bits per heavy atom. The molecule has 0 atom stereocenters. The Morgan fingerprint density at radius 3 is 2.93 bits per heavy atom. The number of hydrogen-bond acceptors (Lipinski definition) is 2. The number of H-pyrrole nitrogens is 1. The second kappa shape index (κ2) is 3.90. The van der Waals surface area contributed by atoms with Crippen LogP contribution in [0.25, 0.3) is 11.3 Å². The Morgan fingerprint density at radius 2 is 2.20 bits per heavy atom. The Balaban J connectivity index is 2.63.